The highest BCUT2D eigenvalue weighted by atomic mass is 35.5. The van der Waals surface area contributed by atoms with Crippen LogP contribution in [0.3, 0.4) is 0 Å². The van der Waals surface area contributed by atoms with Gasteiger partial charge in [-0.05, 0) is 30.9 Å². The van der Waals surface area contributed by atoms with Crippen molar-refractivity contribution in [3.8, 4) is 0 Å². The number of hydrogen-bond acceptors (Lipinski definition) is 4. The Kier molecular flexibility index (Phi) is 4.40. The van der Waals surface area contributed by atoms with E-state index < -0.39 is 10.0 Å². The molecule has 0 radical (unpaired) electrons. The predicted octanol–water partition coefficient (Wildman–Crippen LogP) is 2.45. The third-order valence-corrected chi connectivity index (χ3v) is 4.70. The van der Waals surface area contributed by atoms with Crippen molar-refractivity contribution in [1.82, 2.24) is 10.2 Å². The van der Waals surface area contributed by atoms with Gasteiger partial charge in [-0.1, -0.05) is 30.9 Å². The summed E-state index contributed by atoms with van der Waals surface area (Å²) in [5, 5.41) is 7.52. The lowest BCUT2D eigenvalue weighted by Gasteiger charge is -2.21. The Balaban J connectivity index is 1.96. The van der Waals surface area contributed by atoms with Crippen molar-refractivity contribution >= 4 is 27.4 Å². The van der Waals surface area contributed by atoms with Gasteiger partial charge in [-0.25, -0.2) is 8.42 Å². The van der Waals surface area contributed by atoms with Crippen LogP contribution in [0.25, 0.3) is 0 Å². The summed E-state index contributed by atoms with van der Waals surface area (Å²) in [5.74, 6) is 0.642. The summed E-state index contributed by atoms with van der Waals surface area (Å²) in [6.45, 7) is 0. The fourth-order valence-electron chi connectivity index (χ4n) is 2.24. The van der Waals surface area contributed by atoms with Crippen LogP contribution in [-0.4, -0.2) is 24.4 Å². The number of hydrogen-bond donors (Lipinski definition) is 1. The second-order valence-electron chi connectivity index (χ2n) is 4.63. The standard InChI is InChI=1S/C11H16ClN3O2S/c12-10-6-7-11(14-13-10)15-18(16,17)8-9-4-2-1-3-5-9/h6-7,9H,1-5,8H2,(H,14,15). The molecule has 0 spiro atoms. The smallest absolute Gasteiger partial charge is 0.234 e. The summed E-state index contributed by atoms with van der Waals surface area (Å²) < 4.78 is 26.3. The molecule has 0 aliphatic heterocycles. The number of rotatable bonds is 4. The van der Waals surface area contributed by atoms with Crippen LogP contribution >= 0.6 is 11.6 Å². The molecule has 1 fully saturated rings. The average Bonchev–Trinajstić information content (AvgIpc) is 2.32. The second-order valence-corrected chi connectivity index (χ2v) is 6.78. The van der Waals surface area contributed by atoms with E-state index in [-0.39, 0.29) is 22.6 Å². The molecule has 0 atom stereocenters. The Hall–Kier alpha value is -0.880. The third kappa shape index (κ3) is 4.10. The fourth-order valence-corrected chi connectivity index (χ4v) is 3.80. The maximum atomic E-state index is 11.9. The number of anilines is 1. The van der Waals surface area contributed by atoms with Crippen LogP contribution in [-0.2, 0) is 10.0 Å². The SMILES string of the molecule is O=S(=O)(CC1CCCCC1)Nc1ccc(Cl)nn1. The first-order chi connectivity index (χ1) is 8.55. The van der Waals surface area contributed by atoms with Crippen molar-refractivity contribution in [2.75, 3.05) is 10.5 Å². The molecule has 18 heavy (non-hydrogen) atoms. The van der Waals surface area contributed by atoms with E-state index in [0.717, 1.165) is 25.7 Å². The molecule has 0 aromatic carbocycles. The largest absolute Gasteiger partial charge is 0.266 e. The lowest BCUT2D eigenvalue weighted by Crippen LogP contribution is -2.24. The normalized spacial score (nSPS) is 17.6. The molecule has 1 aliphatic carbocycles. The minimum absolute atomic E-state index is 0.164. The summed E-state index contributed by atoms with van der Waals surface area (Å²) in [5.41, 5.74) is 0. The highest BCUT2D eigenvalue weighted by molar-refractivity contribution is 7.92. The van der Waals surface area contributed by atoms with E-state index in [9.17, 15) is 8.42 Å². The van der Waals surface area contributed by atoms with Crippen LogP contribution < -0.4 is 4.72 Å². The van der Waals surface area contributed by atoms with Gasteiger partial charge >= 0.3 is 0 Å². The minimum Gasteiger partial charge on any atom is -0.266 e. The zero-order chi connectivity index (χ0) is 13.0. The maximum Gasteiger partial charge on any atom is 0.234 e. The zero-order valence-electron chi connectivity index (χ0n) is 9.97. The van der Waals surface area contributed by atoms with Crippen LogP contribution in [0.2, 0.25) is 5.15 Å². The van der Waals surface area contributed by atoms with Gasteiger partial charge in [-0.3, -0.25) is 4.72 Å². The minimum atomic E-state index is -3.34. The van der Waals surface area contributed by atoms with Crippen molar-refractivity contribution in [2.45, 2.75) is 32.1 Å². The first-order valence-electron chi connectivity index (χ1n) is 6.05. The monoisotopic (exact) mass is 289 g/mol. The number of aromatic nitrogens is 2. The van der Waals surface area contributed by atoms with Gasteiger partial charge in [-0.15, -0.1) is 10.2 Å². The maximum absolute atomic E-state index is 11.9. The van der Waals surface area contributed by atoms with Crippen LogP contribution in [0.1, 0.15) is 32.1 Å². The van der Waals surface area contributed by atoms with Gasteiger partial charge in [-0.2, -0.15) is 0 Å². The summed E-state index contributed by atoms with van der Waals surface area (Å²) >= 11 is 5.59. The van der Waals surface area contributed by atoms with E-state index in [2.05, 4.69) is 14.9 Å². The Morgan fingerprint density at radius 1 is 1.22 bits per heavy atom. The topological polar surface area (TPSA) is 72.0 Å². The van der Waals surface area contributed by atoms with E-state index in [1.54, 1.807) is 0 Å². The molecular weight excluding hydrogens is 274 g/mol. The molecule has 5 nitrogen and oxygen atoms in total. The fraction of sp³-hybridized carbons (Fsp3) is 0.636. The van der Waals surface area contributed by atoms with Crippen molar-refractivity contribution in [3.05, 3.63) is 17.3 Å². The van der Waals surface area contributed by atoms with E-state index in [1.807, 2.05) is 0 Å². The van der Waals surface area contributed by atoms with Crippen LogP contribution in [0.5, 0.6) is 0 Å². The molecule has 0 amide bonds. The van der Waals surface area contributed by atoms with E-state index in [1.165, 1.54) is 18.6 Å². The van der Waals surface area contributed by atoms with Gasteiger partial charge < -0.3 is 0 Å². The van der Waals surface area contributed by atoms with Crippen LogP contribution in [0.4, 0.5) is 5.82 Å². The van der Waals surface area contributed by atoms with Crippen molar-refractivity contribution < 1.29 is 8.42 Å². The highest BCUT2D eigenvalue weighted by Crippen LogP contribution is 2.25. The van der Waals surface area contributed by atoms with Gasteiger partial charge in [0.05, 0.1) is 5.75 Å². The Morgan fingerprint density at radius 3 is 2.56 bits per heavy atom. The summed E-state index contributed by atoms with van der Waals surface area (Å²) in [4.78, 5) is 0. The van der Waals surface area contributed by atoms with E-state index in [0.29, 0.717) is 0 Å². The molecule has 7 heteroatoms. The van der Waals surface area contributed by atoms with Crippen molar-refractivity contribution in [3.63, 3.8) is 0 Å². The van der Waals surface area contributed by atoms with E-state index >= 15 is 0 Å². The van der Waals surface area contributed by atoms with Crippen LogP contribution in [0, 0.1) is 5.92 Å². The summed E-state index contributed by atoms with van der Waals surface area (Å²) in [6, 6.07) is 3.01. The Bertz CT molecular complexity index is 484. The molecule has 2 rings (SSSR count). The zero-order valence-corrected chi connectivity index (χ0v) is 11.5. The van der Waals surface area contributed by atoms with Gasteiger partial charge in [0.1, 0.15) is 0 Å². The van der Waals surface area contributed by atoms with Gasteiger partial charge in [0.15, 0.2) is 11.0 Å². The first-order valence-corrected chi connectivity index (χ1v) is 8.08. The summed E-state index contributed by atoms with van der Waals surface area (Å²) in [7, 11) is -3.34. The number of nitrogens with one attached hydrogen (secondary N) is 1. The molecule has 1 aliphatic rings. The third-order valence-electron chi connectivity index (χ3n) is 3.07. The molecule has 1 aromatic rings. The van der Waals surface area contributed by atoms with E-state index in [4.69, 9.17) is 11.6 Å². The number of halogens is 1. The number of nitrogens with zero attached hydrogens (tertiary/aromatic N) is 2. The van der Waals surface area contributed by atoms with Crippen LogP contribution in [0.15, 0.2) is 12.1 Å². The first kappa shape index (κ1) is 13.5. The molecule has 1 N–H and O–H groups in total. The highest BCUT2D eigenvalue weighted by Gasteiger charge is 2.21. The van der Waals surface area contributed by atoms with Crippen molar-refractivity contribution in [2.24, 2.45) is 5.92 Å². The molecule has 1 saturated carbocycles. The van der Waals surface area contributed by atoms with Gasteiger partial charge in [0.2, 0.25) is 10.0 Å². The molecule has 0 saturated heterocycles. The van der Waals surface area contributed by atoms with Crippen molar-refractivity contribution in [1.29, 1.82) is 0 Å². The Morgan fingerprint density at radius 2 is 1.94 bits per heavy atom. The average molecular weight is 290 g/mol. The number of sulfonamides is 1. The summed E-state index contributed by atoms with van der Waals surface area (Å²) in [6.07, 6.45) is 5.45. The quantitative estimate of drug-likeness (QED) is 0.924. The molecule has 1 heterocycles. The lowest BCUT2D eigenvalue weighted by atomic mass is 9.91. The predicted molar refractivity (Wildman–Crippen MR) is 71.0 cm³/mol. The molecule has 100 valence electrons. The second kappa shape index (κ2) is 5.84. The molecule has 0 unspecified atom stereocenters. The Labute approximate surface area is 112 Å². The molecule has 1 aromatic heterocycles. The molecule has 0 bridgehead atoms. The van der Waals surface area contributed by atoms with Gasteiger partial charge in [0, 0.05) is 0 Å². The van der Waals surface area contributed by atoms with Gasteiger partial charge in [0.25, 0.3) is 0 Å². The lowest BCUT2D eigenvalue weighted by molar-refractivity contribution is 0.385. The molecular formula is C11H16ClN3O2S.